The van der Waals surface area contributed by atoms with E-state index in [4.69, 9.17) is 16.3 Å². The second-order valence-corrected chi connectivity index (χ2v) is 9.28. The summed E-state index contributed by atoms with van der Waals surface area (Å²) in [5.41, 5.74) is 0.787. The van der Waals surface area contributed by atoms with Crippen molar-refractivity contribution < 1.29 is 22.7 Å². The fraction of sp³-hybridized carbons (Fsp3) is 0.333. The van der Waals surface area contributed by atoms with Crippen LogP contribution in [0.3, 0.4) is 0 Å². The molecule has 0 heterocycles. The molecule has 0 saturated carbocycles. The van der Waals surface area contributed by atoms with Gasteiger partial charge in [0.1, 0.15) is 12.3 Å². The van der Waals surface area contributed by atoms with E-state index in [9.17, 15) is 18.0 Å². The molecular weight excluding hydrogens is 442 g/mol. The van der Waals surface area contributed by atoms with Crippen molar-refractivity contribution in [2.24, 2.45) is 0 Å². The van der Waals surface area contributed by atoms with Gasteiger partial charge in [0.15, 0.2) is 0 Å². The first kappa shape index (κ1) is 24.5. The molecule has 168 valence electrons. The van der Waals surface area contributed by atoms with E-state index in [1.165, 1.54) is 25.3 Å². The first-order chi connectivity index (χ1) is 14.6. The fourth-order valence-electron chi connectivity index (χ4n) is 2.72. The van der Waals surface area contributed by atoms with Crippen LogP contribution in [-0.4, -0.2) is 46.2 Å². The van der Waals surface area contributed by atoms with Gasteiger partial charge in [0, 0.05) is 6.04 Å². The van der Waals surface area contributed by atoms with Crippen LogP contribution in [0.2, 0.25) is 5.02 Å². The Morgan fingerprint density at radius 2 is 1.87 bits per heavy atom. The monoisotopic (exact) mass is 467 g/mol. The first-order valence-electron chi connectivity index (χ1n) is 9.57. The normalized spacial score (nSPS) is 12.0. The van der Waals surface area contributed by atoms with Gasteiger partial charge in [-0.2, -0.15) is 0 Å². The molecule has 0 unspecified atom stereocenters. The Hall–Kier alpha value is -2.78. The number of rotatable bonds is 9. The zero-order valence-corrected chi connectivity index (χ0v) is 19.4. The number of anilines is 2. The maximum Gasteiger partial charge on any atom is 0.253 e. The lowest BCUT2D eigenvalue weighted by molar-refractivity contribution is -0.114. The molecule has 2 N–H and O–H groups in total. The van der Waals surface area contributed by atoms with E-state index in [1.54, 1.807) is 24.3 Å². The minimum absolute atomic E-state index is 0.0307. The van der Waals surface area contributed by atoms with Crippen LogP contribution < -0.4 is 19.7 Å². The van der Waals surface area contributed by atoms with Crippen LogP contribution in [0.1, 0.15) is 30.6 Å². The third-order valence-corrected chi connectivity index (χ3v) is 5.98. The number of para-hydroxylation sites is 1. The molecule has 0 aliphatic carbocycles. The molecule has 0 aliphatic heterocycles. The smallest absolute Gasteiger partial charge is 0.253 e. The summed E-state index contributed by atoms with van der Waals surface area (Å²) in [5.74, 6) is -0.558. The number of amides is 2. The number of nitrogens with one attached hydrogen (secondary N) is 2. The zero-order chi connectivity index (χ0) is 23.2. The Morgan fingerprint density at radius 1 is 1.19 bits per heavy atom. The molecule has 0 fully saturated rings. The Morgan fingerprint density at radius 3 is 2.45 bits per heavy atom. The lowest BCUT2D eigenvalue weighted by atomic mass is 10.1. The molecule has 0 bridgehead atoms. The van der Waals surface area contributed by atoms with E-state index in [0.29, 0.717) is 5.75 Å². The van der Waals surface area contributed by atoms with Gasteiger partial charge in [-0.25, -0.2) is 8.42 Å². The summed E-state index contributed by atoms with van der Waals surface area (Å²) in [7, 11) is -2.35. The molecule has 0 spiro atoms. The Bertz CT molecular complexity index is 1060. The molecule has 0 saturated heterocycles. The molecule has 8 nitrogen and oxygen atoms in total. The van der Waals surface area contributed by atoms with Crippen molar-refractivity contribution in [3.8, 4) is 5.75 Å². The minimum atomic E-state index is -3.79. The van der Waals surface area contributed by atoms with Crippen LogP contribution >= 0.6 is 11.6 Å². The maximum atomic E-state index is 12.7. The number of halogens is 1. The van der Waals surface area contributed by atoms with Crippen LogP contribution in [0.15, 0.2) is 42.5 Å². The quantitative estimate of drug-likeness (QED) is 0.588. The number of hydrogen-bond donors (Lipinski definition) is 2. The van der Waals surface area contributed by atoms with E-state index in [-0.39, 0.29) is 33.9 Å². The van der Waals surface area contributed by atoms with E-state index in [0.717, 1.165) is 17.0 Å². The summed E-state index contributed by atoms with van der Waals surface area (Å²) in [6.07, 6.45) is 1.75. The van der Waals surface area contributed by atoms with Crippen molar-refractivity contribution in [2.75, 3.05) is 29.5 Å². The summed E-state index contributed by atoms with van der Waals surface area (Å²) in [6, 6.07) is 10.9. The number of benzene rings is 2. The van der Waals surface area contributed by atoms with Gasteiger partial charge in [-0.1, -0.05) is 30.7 Å². The van der Waals surface area contributed by atoms with Gasteiger partial charge in [-0.3, -0.25) is 13.9 Å². The molecule has 2 rings (SSSR count). The highest BCUT2D eigenvalue weighted by molar-refractivity contribution is 7.92. The Kier molecular flexibility index (Phi) is 8.29. The standard InChI is InChI=1S/C21H26ClN3O5S/c1-5-14(2)23-21(27)16-8-6-7-9-18(16)24-20(26)13-25(31(4,28)29)15-10-11-19(30-3)17(22)12-15/h6-12,14H,5,13H2,1-4H3,(H,23,27)(H,24,26)/t14-/m0/s1. The van der Waals surface area contributed by atoms with Crippen molar-refractivity contribution in [3.05, 3.63) is 53.1 Å². The Labute approximate surface area is 187 Å². The highest BCUT2D eigenvalue weighted by atomic mass is 35.5. The zero-order valence-electron chi connectivity index (χ0n) is 17.8. The van der Waals surface area contributed by atoms with Gasteiger partial charge in [0.05, 0.1) is 35.3 Å². The maximum absolute atomic E-state index is 12.7. The molecule has 31 heavy (non-hydrogen) atoms. The van der Waals surface area contributed by atoms with Gasteiger partial charge >= 0.3 is 0 Å². The van der Waals surface area contributed by atoms with E-state index in [1.807, 2.05) is 13.8 Å². The number of ether oxygens (including phenoxy) is 1. The molecule has 0 radical (unpaired) electrons. The van der Waals surface area contributed by atoms with E-state index >= 15 is 0 Å². The van der Waals surface area contributed by atoms with Crippen LogP contribution in [0.5, 0.6) is 5.75 Å². The molecule has 10 heteroatoms. The minimum Gasteiger partial charge on any atom is -0.495 e. The topological polar surface area (TPSA) is 105 Å². The number of nitrogens with zero attached hydrogens (tertiary/aromatic N) is 1. The van der Waals surface area contributed by atoms with Crippen LogP contribution in [-0.2, 0) is 14.8 Å². The number of methoxy groups -OCH3 is 1. The first-order valence-corrected chi connectivity index (χ1v) is 11.8. The summed E-state index contributed by atoms with van der Waals surface area (Å²) in [4.78, 5) is 25.2. The summed E-state index contributed by atoms with van der Waals surface area (Å²) in [6.45, 7) is 3.33. The van der Waals surface area contributed by atoms with Crippen molar-refractivity contribution in [3.63, 3.8) is 0 Å². The van der Waals surface area contributed by atoms with Gasteiger partial charge in [0.2, 0.25) is 15.9 Å². The van der Waals surface area contributed by atoms with Crippen molar-refractivity contribution in [1.82, 2.24) is 5.32 Å². The number of carbonyl (C=O) groups is 2. The summed E-state index contributed by atoms with van der Waals surface area (Å²) < 4.78 is 30.7. The van der Waals surface area contributed by atoms with Gasteiger partial charge in [-0.05, 0) is 43.7 Å². The molecule has 0 aliphatic rings. The lowest BCUT2D eigenvalue weighted by Crippen LogP contribution is -2.38. The largest absolute Gasteiger partial charge is 0.495 e. The third kappa shape index (κ3) is 6.60. The second kappa shape index (κ2) is 10.5. The van der Waals surface area contributed by atoms with Crippen molar-refractivity contribution >= 4 is 44.8 Å². The van der Waals surface area contributed by atoms with Crippen LogP contribution in [0.25, 0.3) is 0 Å². The summed E-state index contributed by atoms with van der Waals surface area (Å²) in [5, 5.41) is 5.68. The molecule has 1 atom stereocenters. The van der Waals surface area contributed by atoms with E-state index < -0.39 is 22.5 Å². The van der Waals surface area contributed by atoms with Crippen LogP contribution in [0.4, 0.5) is 11.4 Å². The molecule has 2 aromatic rings. The molecule has 0 aromatic heterocycles. The number of sulfonamides is 1. The van der Waals surface area contributed by atoms with Crippen molar-refractivity contribution in [2.45, 2.75) is 26.3 Å². The van der Waals surface area contributed by atoms with Gasteiger partial charge in [0.25, 0.3) is 5.91 Å². The molecule has 2 amide bonds. The summed E-state index contributed by atoms with van der Waals surface area (Å²) >= 11 is 6.11. The third-order valence-electron chi connectivity index (χ3n) is 4.55. The lowest BCUT2D eigenvalue weighted by Gasteiger charge is -2.23. The van der Waals surface area contributed by atoms with E-state index in [2.05, 4.69) is 10.6 Å². The highest BCUT2D eigenvalue weighted by Gasteiger charge is 2.23. The highest BCUT2D eigenvalue weighted by Crippen LogP contribution is 2.30. The van der Waals surface area contributed by atoms with Gasteiger partial charge < -0.3 is 15.4 Å². The average Bonchev–Trinajstić information content (AvgIpc) is 2.71. The molecular formula is C21H26ClN3O5S. The van der Waals surface area contributed by atoms with Crippen molar-refractivity contribution in [1.29, 1.82) is 0 Å². The number of carbonyl (C=O) groups excluding carboxylic acids is 2. The average molecular weight is 468 g/mol. The fourth-order valence-corrected chi connectivity index (χ4v) is 3.82. The SMILES string of the molecule is CC[C@H](C)NC(=O)c1ccccc1NC(=O)CN(c1ccc(OC)c(Cl)c1)S(C)(=O)=O. The van der Waals surface area contributed by atoms with Crippen LogP contribution in [0, 0.1) is 0 Å². The predicted molar refractivity (Wildman–Crippen MR) is 122 cm³/mol. The second-order valence-electron chi connectivity index (χ2n) is 6.97. The number of hydrogen-bond acceptors (Lipinski definition) is 5. The Balaban J connectivity index is 2.25. The molecule has 2 aromatic carbocycles. The predicted octanol–water partition coefficient (Wildman–Crippen LogP) is 3.28. The van der Waals surface area contributed by atoms with Gasteiger partial charge in [-0.15, -0.1) is 0 Å².